The van der Waals surface area contributed by atoms with Crippen LogP contribution in [0.5, 0.6) is 0 Å². The summed E-state index contributed by atoms with van der Waals surface area (Å²) in [5.74, 6) is 1.00. The van der Waals surface area contributed by atoms with Gasteiger partial charge in [0.05, 0.1) is 18.7 Å². The first-order valence-electron chi connectivity index (χ1n) is 7.21. The monoisotopic (exact) mass is 301 g/mol. The molecule has 7 heteroatoms. The van der Waals surface area contributed by atoms with E-state index < -0.39 is 0 Å². The third-order valence-corrected chi connectivity index (χ3v) is 3.73. The molecule has 1 aliphatic heterocycles. The molecule has 3 rings (SSSR count). The number of methoxy groups -OCH3 is 1. The van der Waals surface area contributed by atoms with Crippen molar-refractivity contribution in [3.05, 3.63) is 30.1 Å². The molecule has 0 bridgehead atoms. The summed E-state index contributed by atoms with van der Waals surface area (Å²) in [5.41, 5.74) is 6.78. The highest BCUT2D eigenvalue weighted by molar-refractivity contribution is 5.88. The highest BCUT2D eigenvalue weighted by Gasteiger charge is 2.28. The van der Waals surface area contributed by atoms with Gasteiger partial charge in [0.1, 0.15) is 11.9 Å². The van der Waals surface area contributed by atoms with Crippen molar-refractivity contribution in [3.8, 4) is 0 Å². The average molecular weight is 301 g/mol. The summed E-state index contributed by atoms with van der Waals surface area (Å²) in [6.45, 7) is 2.06. The van der Waals surface area contributed by atoms with Gasteiger partial charge < -0.3 is 20.7 Å². The van der Waals surface area contributed by atoms with Crippen LogP contribution >= 0.6 is 0 Å². The van der Waals surface area contributed by atoms with E-state index in [2.05, 4.69) is 15.3 Å². The predicted molar refractivity (Wildman–Crippen MR) is 83.0 cm³/mol. The zero-order valence-electron chi connectivity index (χ0n) is 12.5. The molecule has 2 aromatic rings. The topological polar surface area (TPSA) is 93.4 Å². The second-order valence-corrected chi connectivity index (χ2v) is 5.26. The Morgan fingerprint density at radius 3 is 3.05 bits per heavy atom. The fourth-order valence-corrected chi connectivity index (χ4v) is 2.64. The highest BCUT2D eigenvalue weighted by atomic mass is 16.5. The number of amides is 1. The molecule has 1 aromatic carbocycles. The minimum atomic E-state index is -0.309. The number of carbonyl (C=O) groups excluding carboxylic acids is 1. The van der Waals surface area contributed by atoms with Gasteiger partial charge in [-0.05, 0) is 12.1 Å². The van der Waals surface area contributed by atoms with E-state index in [9.17, 15) is 4.79 Å². The normalized spacial score (nSPS) is 18.9. The molecule has 1 amide bonds. The van der Waals surface area contributed by atoms with Gasteiger partial charge in [-0.3, -0.25) is 4.79 Å². The van der Waals surface area contributed by atoms with Crippen molar-refractivity contribution in [2.45, 2.75) is 12.6 Å². The second kappa shape index (κ2) is 6.25. The number of ether oxygens (including phenoxy) is 1. The fraction of sp³-hybridized carbons (Fsp3) is 0.400. The van der Waals surface area contributed by atoms with Crippen LogP contribution in [0.15, 0.2) is 24.3 Å². The van der Waals surface area contributed by atoms with Crippen molar-refractivity contribution in [2.24, 2.45) is 0 Å². The largest absolute Gasteiger partial charge is 0.383 e. The maximum Gasteiger partial charge on any atom is 0.242 e. The second-order valence-electron chi connectivity index (χ2n) is 5.26. The Kier molecular flexibility index (Phi) is 4.17. The van der Waals surface area contributed by atoms with Crippen molar-refractivity contribution >= 4 is 22.6 Å². The summed E-state index contributed by atoms with van der Waals surface area (Å²) in [7, 11) is 1.58. The van der Waals surface area contributed by atoms with Crippen molar-refractivity contribution < 1.29 is 9.53 Å². The minimum absolute atomic E-state index is 0.00318. The molecule has 7 nitrogen and oxygen atoms in total. The molecule has 1 fully saturated rings. The van der Waals surface area contributed by atoms with Crippen molar-refractivity contribution in [2.75, 3.05) is 32.5 Å². The molecular formula is C15H19N5O2. The number of rotatable bonds is 4. The zero-order chi connectivity index (χ0) is 15.5. The lowest BCUT2D eigenvalue weighted by Crippen LogP contribution is -2.56. The number of nitrogens with one attached hydrogen (secondary N) is 1. The Morgan fingerprint density at radius 2 is 2.23 bits per heavy atom. The molecule has 0 aliphatic carbocycles. The van der Waals surface area contributed by atoms with Crippen molar-refractivity contribution in [3.63, 3.8) is 0 Å². The number of hydrogen-bond donors (Lipinski definition) is 2. The quantitative estimate of drug-likeness (QED) is 0.835. The van der Waals surface area contributed by atoms with E-state index in [0.29, 0.717) is 31.3 Å². The van der Waals surface area contributed by atoms with E-state index in [4.69, 9.17) is 10.5 Å². The summed E-state index contributed by atoms with van der Waals surface area (Å²) in [6, 6.07) is 7.28. The number of benzene rings is 1. The number of anilines is 1. The van der Waals surface area contributed by atoms with Crippen LogP contribution < -0.4 is 11.1 Å². The van der Waals surface area contributed by atoms with Crippen LogP contribution in [-0.4, -0.2) is 53.6 Å². The summed E-state index contributed by atoms with van der Waals surface area (Å²) >= 11 is 0. The Morgan fingerprint density at radius 1 is 1.41 bits per heavy atom. The first-order chi connectivity index (χ1) is 10.7. The molecule has 1 aliphatic rings. The van der Waals surface area contributed by atoms with Gasteiger partial charge in [0.2, 0.25) is 5.91 Å². The zero-order valence-corrected chi connectivity index (χ0v) is 12.5. The smallest absolute Gasteiger partial charge is 0.242 e. The maximum atomic E-state index is 12.4. The van der Waals surface area contributed by atoms with E-state index in [0.717, 1.165) is 17.4 Å². The fourth-order valence-electron chi connectivity index (χ4n) is 2.64. The first kappa shape index (κ1) is 14.7. The van der Waals surface area contributed by atoms with Crippen LogP contribution in [0.4, 0.5) is 5.82 Å². The molecule has 0 spiro atoms. The molecule has 116 valence electrons. The van der Waals surface area contributed by atoms with Gasteiger partial charge in [-0.15, -0.1) is 0 Å². The molecule has 1 saturated heterocycles. The van der Waals surface area contributed by atoms with Crippen LogP contribution in [-0.2, 0) is 16.1 Å². The van der Waals surface area contributed by atoms with Gasteiger partial charge in [0, 0.05) is 25.6 Å². The molecule has 22 heavy (non-hydrogen) atoms. The Hall–Kier alpha value is -2.25. The van der Waals surface area contributed by atoms with E-state index in [-0.39, 0.29) is 11.9 Å². The van der Waals surface area contributed by atoms with E-state index in [1.54, 1.807) is 12.0 Å². The van der Waals surface area contributed by atoms with E-state index in [1.165, 1.54) is 0 Å². The molecule has 1 aromatic heterocycles. The van der Waals surface area contributed by atoms with E-state index >= 15 is 0 Å². The van der Waals surface area contributed by atoms with Crippen LogP contribution in [0.3, 0.4) is 0 Å². The predicted octanol–water partition coefficient (Wildman–Crippen LogP) is 0.159. The standard InChI is InChI=1S/C15H19N5O2/c1-22-9-12-15(21)20(7-6-17-12)8-13-18-11-5-3-2-4-10(11)14(16)19-13/h2-5,12,17H,6-9H2,1H3,(H2,16,18,19). The Labute approximate surface area is 128 Å². The van der Waals surface area contributed by atoms with Crippen molar-refractivity contribution in [1.82, 2.24) is 20.2 Å². The maximum absolute atomic E-state index is 12.4. The summed E-state index contributed by atoms with van der Waals surface area (Å²) in [6.07, 6.45) is 0. The van der Waals surface area contributed by atoms with Gasteiger partial charge in [0.15, 0.2) is 5.82 Å². The SMILES string of the molecule is COCC1NCCN(Cc2nc(N)c3ccccc3n2)C1=O. The molecule has 1 atom stereocenters. The highest BCUT2D eigenvalue weighted by Crippen LogP contribution is 2.18. The summed E-state index contributed by atoms with van der Waals surface area (Å²) in [5, 5.41) is 3.97. The number of nitrogen functional groups attached to an aromatic ring is 1. The number of carbonyl (C=O) groups is 1. The summed E-state index contributed by atoms with van der Waals surface area (Å²) < 4.78 is 5.07. The number of aromatic nitrogens is 2. The third-order valence-electron chi connectivity index (χ3n) is 3.73. The molecule has 2 heterocycles. The van der Waals surface area contributed by atoms with Crippen molar-refractivity contribution in [1.29, 1.82) is 0 Å². The number of nitrogens with two attached hydrogens (primary N) is 1. The molecular weight excluding hydrogens is 282 g/mol. The van der Waals surface area contributed by atoms with E-state index in [1.807, 2.05) is 24.3 Å². The molecule has 0 radical (unpaired) electrons. The van der Waals surface area contributed by atoms with Gasteiger partial charge in [0.25, 0.3) is 0 Å². The first-order valence-corrected chi connectivity index (χ1v) is 7.21. The lowest BCUT2D eigenvalue weighted by atomic mass is 10.2. The average Bonchev–Trinajstić information content (AvgIpc) is 2.52. The molecule has 1 unspecified atom stereocenters. The lowest BCUT2D eigenvalue weighted by Gasteiger charge is -2.32. The van der Waals surface area contributed by atoms with Crippen LogP contribution in [0.1, 0.15) is 5.82 Å². The number of piperazine rings is 1. The number of fused-ring (bicyclic) bond motifs is 1. The van der Waals surface area contributed by atoms with Gasteiger partial charge in [-0.1, -0.05) is 12.1 Å². The minimum Gasteiger partial charge on any atom is -0.383 e. The van der Waals surface area contributed by atoms with Gasteiger partial charge >= 0.3 is 0 Å². The van der Waals surface area contributed by atoms with Gasteiger partial charge in [-0.2, -0.15) is 0 Å². The van der Waals surface area contributed by atoms with Crippen LogP contribution in [0.2, 0.25) is 0 Å². The Balaban J connectivity index is 1.82. The van der Waals surface area contributed by atoms with Crippen LogP contribution in [0, 0.1) is 0 Å². The summed E-state index contributed by atoms with van der Waals surface area (Å²) in [4.78, 5) is 22.9. The third kappa shape index (κ3) is 2.86. The molecule has 3 N–H and O–H groups in total. The number of nitrogens with zero attached hydrogens (tertiary/aromatic N) is 3. The molecule has 0 saturated carbocycles. The van der Waals surface area contributed by atoms with Gasteiger partial charge in [-0.25, -0.2) is 9.97 Å². The van der Waals surface area contributed by atoms with Crippen LogP contribution in [0.25, 0.3) is 10.9 Å². The number of hydrogen-bond acceptors (Lipinski definition) is 6. The lowest BCUT2D eigenvalue weighted by molar-refractivity contribution is -0.137. The number of para-hydroxylation sites is 1. The Bertz CT molecular complexity index is 689.